The summed E-state index contributed by atoms with van der Waals surface area (Å²) >= 11 is 0. The fourth-order valence-electron chi connectivity index (χ4n) is 4.43. The standard InChI is InChI=1S/C29H34N4O5S/c1-19(2)16-23(18-38-29(34)22-8-10-24(37-5)11-9-22)33(4)39(35,36)25-12-6-21(7-13-25)17-27-28-26(14-15-30-27)31-20(3)32-28/h6-15,19,23H,16-18H2,1-5H3,(H,31,32)/t23-/m0/s1. The maximum absolute atomic E-state index is 13.5. The molecular formula is C29H34N4O5S. The minimum atomic E-state index is -3.83. The van der Waals surface area contributed by atoms with E-state index in [2.05, 4.69) is 15.0 Å². The van der Waals surface area contributed by atoms with Crippen LogP contribution >= 0.6 is 0 Å². The van der Waals surface area contributed by atoms with Gasteiger partial charge >= 0.3 is 5.97 Å². The molecule has 2 heterocycles. The molecule has 2 aromatic carbocycles. The van der Waals surface area contributed by atoms with Gasteiger partial charge in [-0.1, -0.05) is 26.0 Å². The number of imidazole rings is 1. The average Bonchev–Trinajstić information content (AvgIpc) is 3.31. The van der Waals surface area contributed by atoms with Crippen LogP contribution in [-0.2, 0) is 21.2 Å². The highest BCUT2D eigenvalue weighted by molar-refractivity contribution is 7.89. The van der Waals surface area contributed by atoms with Crippen LogP contribution in [0.15, 0.2) is 65.7 Å². The highest BCUT2D eigenvalue weighted by atomic mass is 32.2. The first-order chi connectivity index (χ1) is 18.6. The number of sulfonamides is 1. The maximum Gasteiger partial charge on any atom is 0.338 e. The van der Waals surface area contributed by atoms with Gasteiger partial charge in [0.2, 0.25) is 10.0 Å². The lowest BCUT2D eigenvalue weighted by Gasteiger charge is -2.28. The van der Waals surface area contributed by atoms with E-state index in [1.807, 2.05) is 26.8 Å². The molecule has 0 saturated carbocycles. The molecule has 0 radical (unpaired) electrons. The lowest BCUT2D eigenvalue weighted by atomic mass is 10.0. The van der Waals surface area contributed by atoms with Crippen molar-refractivity contribution >= 4 is 27.0 Å². The van der Waals surface area contributed by atoms with Gasteiger partial charge < -0.3 is 14.5 Å². The summed E-state index contributed by atoms with van der Waals surface area (Å²) in [6, 6.07) is 14.7. The smallest absolute Gasteiger partial charge is 0.338 e. The topological polar surface area (TPSA) is 114 Å². The van der Waals surface area contributed by atoms with Crippen LogP contribution in [0.4, 0.5) is 0 Å². The number of pyridine rings is 1. The molecule has 0 aliphatic carbocycles. The number of benzene rings is 2. The normalized spacial score (nSPS) is 12.7. The van der Waals surface area contributed by atoms with E-state index in [0.717, 1.165) is 28.1 Å². The molecule has 0 aliphatic heterocycles. The van der Waals surface area contributed by atoms with E-state index in [1.54, 1.807) is 61.8 Å². The van der Waals surface area contributed by atoms with Gasteiger partial charge in [-0.3, -0.25) is 4.98 Å². The third-order valence-electron chi connectivity index (χ3n) is 6.56. The fourth-order valence-corrected chi connectivity index (χ4v) is 5.78. The van der Waals surface area contributed by atoms with E-state index in [9.17, 15) is 13.2 Å². The molecule has 0 aliphatic rings. The molecule has 4 rings (SSSR count). The Balaban J connectivity index is 1.47. The van der Waals surface area contributed by atoms with E-state index in [4.69, 9.17) is 9.47 Å². The van der Waals surface area contributed by atoms with Crippen LogP contribution in [0.25, 0.3) is 11.0 Å². The highest BCUT2D eigenvalue weighted by Crippen LogP contribution is 2.23. The van der Waals surface area contributed by atoms with Gasteiger partial charge in [0, 0.05) is 19.7 Å². The summed E-state index contributed by atoms with van der Waals surface area (Å²) in [5.41, 5.74) is 3.84. The molecule has 0 unspecified atom stereocenters. The number of hydrogen-bond donors (Lipinski definition) is 1. The highest BCUT2D eigenvalue weighted by Gasteiger charge is 2.30. The molecule has 39 heavy (non-hydrogen) atoms. The number of aryl methyl sites for hydroxylation is 1. The van der Waals surface area contributed by atoms with Gasteiger partial charge in [0.25, 0.3) is 0 Å². The summed E-state index contributed by atoms with van der Waals surface area (Å²) < 4.78 is 39.0. The van der Waals surface area contributed by atoms with Crippen molar-refractivity contribution in [3.8, 4) is 5.75 Å². The number of aromatic amines is 1. The molecule has 1 N–H and O–H groups in total. The first kappa shape index (κ1) is 28.3. The zero-order valence-electron chi connectivity index (χ0n) is 22.8. The molecule has 206 valence electrons. The maximum atomic E-state index is 13.5. The van der Waals surface area contributed by atoms with E-state index in [0.29, 0.717) is 24.2 Å². The monoisotopic (exact) mass is 550 g/mol. The van der Waals surface area contributed by atoms with E-state index in [1.165, 1.54) is 11.4 Å². The summed E-state index contributed by atoms with van der Waals surface area (Å²) in [7, 11) is -0.755. The van der Waals surface area contributed by atoms with Crippen LogP contribution in [0, 0.1) is 12.8 Å². The van der Waals surface area contributed by atoms with Gasteiger partial charge in [-0.2, -0.15) is 4.31 Å². The Morgan fingerprint density at radius 1 is 1.05 bits per heavy atom. The second kappa shape index (κ2) is 12.0. The van der Waals surface area contributed by atoms with Gasteiger partial charge in [0.15, 0.2) is 0 Å². The van der Waals surface area contributed by atoms with Crippen molar-refractivity contribution in [2.75, 3.05) is 20.8 Å². The number of esters is 1. The Morgan fingerprint density at radius 2 is 1.74 bits per heavy atom. The molecule has 0 amide bonds. The van der Waals surface area contributed by atoms with Crippen molar-refractivity contribution in [2.45, 2.75) is 44.6 Å². The van der Waals surface area contributed by atoms with E-state index < -0.39 is 22.0 Å². The molecule has 0 fully saturated rings. The Morgan fingerprint density at radius 3 is 2.38 bits per heavy atom. The molecule has 4 aromatic rings. The third kappa shape index (κ3) is 6.63. The zero-order chi connectivity index (χ0) is 28.2. The van der Waals surface area contributed by atoms with Crippen molar-refractivity contribution < 1.29 is 22.7 Å². The zero-order valence-corrected chi connectivity index (χ0v) is 23.7. The van der Waals surface area contributed by atoms with Crippen LogP contribution in [0.3, 0.4) is 0 Å². The second-order valence-electron chi connectivity index (χ2n) is 9.93. The molecule has 1 atom stereocenters. The van der Waals surface area contributed by atoms with Crippen molar-refractivity contribution in [3.05, 3.63) is 83.4 Å². The number of nitrogens with one attached hydrogen (secondary N) is 1. The Bertz CT molecular complexity index is 1530. The summed E-state index contributed by atoms with van der Waals surface area (Å²) in [5, 5.41) is 0. The molecule has 9 nitrogen and oxygen atoms in total. The predicted molar refractivity (Wildman–Crippen MR) is 149 cm³/mol. The molecule has 2 aromatic heterocycles. The molecule has 0 bridgehead atoms. The molecule has 10 heteroatoms. The summed E-state index contributed by atoms with van der Waals surface area (Å²) in [6.45, 7) is 5.84. The number of hydrogen-bond acceptors (Lipinski definition) is 7. The lowest BCUT2D eigenvalue weighted by Crippen LogP contribution is -2.41. The van der Waals surface area contributed by atoms with Crippen LogP contribution in [0.2, 0.25) is 0 Å². The number of ether oxygens (including phenoxy) is 2. The number of nitrogens with zero attached hydrogens (tertiary/aromatic N) is 3. The molecular weight excluding hydrogens is 516 g/mol. The minimum absolute atomic E-state index is 0.0599. The Labute approximate surface area is 229 Å². The Hall–Kier alpha value is -3.76. The Kier molecular flexibility index (Phi) is 8.66. The van der Waals surface area contributed by atoms with Crippen LogP contribution < -0.4 is 4.74 Å². The number of H-pyrrole nitrogens is 1. The van der Waals surface area contributed by atoms with Crippen molar-refractivity contribution in [2.24, 2.45) is 5.92 Å². The van der Waals surface area contributed by atoms with E-state index >= 15 is 0 Å². The summed E-state index contributed by atoms with van der Waals surface area (Å²) in [5.74, 6) is 1.12. The van der Waals surface area contributed by atoms with Gasteiger partial charge in [-0.25, -0.2) is 18.2 Å². The second-order valence-corrected chi connectivity index (χ2v) is 11.9. The van der Waals surface area contributed by atoms with Crippen molar-refractivity contribution in [1.29, 1.82) is 0 Å². The number of carbonyl (C=O) groups excluding carboxylic acids is 1. The number of carbonyl (C=O) groups is 1. The number of likely N-dealkylation sites (N-methyl/N-ethyl adjacent to an activating group) is 1. The van der Waals surface area contributed by atoms with Gasteiger partial charge in [0.05, 0.1) is 34.8 Å². The first-order valence-electron chi connectivity index (χ1n) is 12.8. The van der Waals surface area contributed by atoms with Crippen LogP contribution in [-0.4, -0.2) is 60.5 Å². The molecule has 0 saturated heterocycles. The van der Waals surface area contributed by atoms with Crippen LogP contribution in [0.1, 0.15) is 47.7 Å². The van der Waals surface area contributed by atoms with E-state index in [-0.39, 0.29) is 17.4 Å². The van der Waals surface area contributed by atoms with Crippen LogP contribution in [0.5, 0.6) is 5.75 Å². The molecule has 0 spiro atoms. The first-order valence-corrected chi connectivity index (χ1v) is 14.2. The third-order valence-corrected chi connectivity index (χ3v) is 8.48. The minimum Gasteiger partial charge on any atom is -0.497 e. The largest absolute Gasteiger partial charge is 0.497 e. The number of rotatable bonds is 11. The number of fused-ring (bicyclic) bond motifs is 1. The lowest BCUT2D eigenvalue weighted by molar-refractivity contribution is 0.0415. The number of methoxy groups -OCH3 is 1. The fraction of sp³-hybridized carbons (Fsp3) is 0.345. The quantitative estimate of drug-likeness (QED) is 0.268. The van der Waals surface area contributed by atoms with Gasteiger partial charge in [-0.15, -0.1) is 0 Å². The van der Waals surface area contributed by atoms with Gasteiger partial charge in [-0.05, 0) is 67.3 Å². The van der Waals surface area contributed by atoms with Crippen molar-refractivity contribution in [1.82, 2.24) is 19.3 Å². The summed E-state index contributed by atoms with van der Waals surface area (Å²) in [6.07, 6.45) is 2.79. The van der Waals surface area contributed by atoms with Gasteiger partial charge in [0.1, 0.15) is 23.7 Å². The average molecular weight is 551 g/mol. The summed E-state index contributed by atoms with van der Waals surface area (Å²) in [4.78, 5) is 25.0. The van der Waals surface area contributed by atoms with Crippen molar-refractivity contribution in [3.63, 3.8) is 0 Å². The predicted octanol–water partition coefficient (Wildman–Crippen LogP) is 4.76. The SMILES string of the molecule is COc1ccc(C(=O)OC[C@H](CC(C)C)N(C)S(=O)(=O)c2ccc(Cc3nccc4[nH]c(C)nc34)cc2)cc1. The number of aromatic nitrogens is 3.